The maximum Gasteiger partial charge on any atom is 0.229 e. The van der Waals surface area contributed by atoms with Crippen molar-refractivity contribution in [2.75, 3.05) is 20.3 Å². The Morgan fingerprint density at radius 2 is 1.60 bits per heavy atom. The van der Waals surface area contributed by atoms with Gasteiger partial charge in [0.25, 0.3) is 0 Å². The maximum absolute atomic E-state index is 12.8. The number of aromatic hydroxyl groups is 2. The second-order valence-electron chi connectivity index (χ2n) is 9.89. The van der Waals surface area contributed by atoms with Crippen LogP contribution in [0.5, 0.6) is 23.0 Å². The summed E-state index contributed by atoms with van der Waals surface area (Å²) in [6.07, 6.45) is -14.0. The van der Waals surface area contributed by atoms with Crippen molar-refractivity contribution in [3.05, 3.63) is 46.6 Å². The smallest absolute Gasteiger partial charge is 0.229 e. The zero-order chi connectivity index (χ0) is 30.3. The van der Waals surface area contributed by atoms with Gasteiger partial charge in [0.2, 0.25) is 6.29 Å². The minimum Gasteiger partial charge on any atom is -0.507 e. The van der Waals surface area contributed by atoms with Crippen molar-refractivity contribution in [2.45, 2.75) is 55.3 Å². The lowest BCUT2D eigenvalue weighted by molar-refractivity contribution is -0.307. The van der Waals surface area contributed by atoms with Gasteiger partial charge >= 0.3 is 0 Å². The van der Waals surface area contributed by atoms with Crippen molar-refractivity contribution in [1.82, 2.24) is 0 Å². The van der Waals surface area contributed by atoms with Crippen LogP contribution in [0.2, 0.25) is 0 Å². The summed E-state index contributed by atoms with van der Waals surface area (Å²) < 4.78 is 32.6. The molecule has 0 aliphatic carbocycles. The molecule has 9 atom stereocenters. The lowest BCUT2D eigenvalue weighted by Crippen LogP contribution is -2.61. The first kappa shape index (κ1) is 30.0. The van der Waals surface area contributed by atoms with Gasteiger partial charge in [0.1, 0.15) is 71.0 Å². The number of phenols is 2. The second-order valence-corrected chi connectivity index (χ2v) is 9.89. The van der Waals surface area contributed by atoms with Gasteiger partial charge in [-0.05, 0) is 18.2 Å². The first-order chi connectivity index (χ1) is 20.0. The molecule has 15 nitrogen and oxygen atoms in total. The van der Waals surface area contributed by atoms with Gasteiger partial charge in [-0.2, -0.15) is 0 Å². The van der Waals surface area contributed by atoms with Crippen molar-refractivity contribution in [1.29, 1.82) is 0 Å². The Labute approximate surface area is 236 Å². The Kier molecular flexibility index (Phi) is 8.56. The van der Waals surface area contributed by atoms with E-state index in [0.29, 0.717) is 5.56 Å². The molecule has 0 spiro atoms. The molecule has 2 aromatic carbocycles. The number of fused-ring (bicyclic) bond motifs is 1. The number of aliphatic hydroxyl groups is 6. The van der Waals surface area contributed by atoms with E-state index in [0.717, 1.165) is 12.1 Å². The van der Waals surface area contributed by atoms with Crippen LogP contribution in [-0.2, 0) is 14.2 Å². The molecular formula is C27H30O15. The number of aliphatic hydroxyl groups excluding tert-OH is 6. The fraction of sp³-hybridized carbons (Fsp3) is 0.444. The molecule has 2 aliphatic heterocycles. The Bertz CT molecular complexity index is 1470. The van der Waals surface area contributed by atoms with Crippen LogP contribution in [0.3, 0.4) is 0 Å². The predicted molar refractivity (Wildman–Crippen MR) is 139 cm³/mol. The number of benzene rings is 2. The molecule has 0 bridgehead atoms. The summed E-state index contributed by atoms with van der Waals surface area (Å²) in [6.45, 7) is -0.821. The van der Waals surface area contributed by atoms with Crippen LogP contribution in [0.15, 0.2) is 45.6 Å². The van der Waals surface area contributed by atoms with Gasteiger partial charge < -0.3 is 69.0 Å². The van der Waals surface area contributed by atoms with Gasteiger partial charge in [-0.1, -0.05) is 0 Å². The van der Waals surface area contributed by atoms with E-state index >= 15 is 0 Å². The van der Waals surface area contributed by atoms with Gasteiger partial charge in [0.15, 0.2) is 23.2 Å². The normalized spacial score (nSPS) is 31.6. The molecule has 0 amide bonds. The Hall–Kier alpha value is -3.51. The first-order valence-electron chi connectivity index (χ1n) is 12.8. The zero-order valence-corrected chi connectivity index (χ0v) is 22.0. The molecule has 0 unspecified atom stereocenters. The third kappa shape index (κ3) is 5.74. The van der Waals surface area contributed by atoms with E-state index in [1.165, 1.54) is 25.3 Å². The standard InChI is InChI=1S/C27H30O15/c1-37-16-3-2-10(4-12(16)28)17-7-14(30)20-13(29)5-11(6-18(20)41-17)40-27-25(36)23(34)22(33)19(42-27)9-39-26-24(35)21(32)15(31)8-38-26/h2-7,15,19,21-29,31-36H,8-9H2,1H3/t15-,19+,21-,22+,23-,24+,25+,26+,27+/m1/s1. The van der Waals surface area contributed by atoms with E-state index in [1.807, 2.05) is 0 Å². The van der Waals surface area contributed by atoms with Gasteiger partial charge in [0, 0.05) is 23.8 Å². The van der Waals surface area contributed by atoms with E-state index < -0.39 is 73.1 Å². The van der Waals surface area contributed by atoms with Crippen molar-refractivity contribution in [2.24, 2.45) is 0 Å². The lowest BCUT2D eigenvalue weighted by atomic mass is 9.99. The van der Waals surface area contributed by atoms with E-state index in [-0.39, 0.29) is 40.6 Å². The summed E-state index contributed by atoms with van der Waals surface area (Å²) >= 11 is 0. The molecule has 2 aliphatic rings. The highest BCUT2D eigenvalue weighted by Crippen LogP contribution is 2.35. The molecular weight excluding hydrogens is 564 g/mol. The summed E-state index contributed by atoms with van der Waals surface area (Å²) in [5.74, 6) is -0.602. The third-order valence-electron chi connectivity index (χ3n) is 7.05. The quantitative estimate of drug-likeness (QED) is 0.156. The monoisotopic (exact) mass is 594 g/mol. The molecule has 2 saturated heterocycles. The van der Waals surface area contributed by atoms with Crippen molar-refractivity contribution < 1.29 is 69.0 Å². The number of phenolic OH excluding ortho intramolecular Hbond substituents is 2. The van der Waals surface area contributed by atoms with Gasteiger partial charge in [-0.15, -0.1) is 0 Å². The van der Waals surface area contributed by atoms with Crippen molar-refractivity contribution >= 4 is 11.0 Å². The Balaban J connectivity index is 1.36. The minimum atomic E-state index is -1.77. The van der Waals surface area contributed by atoms with E-state index in [1.54, 1.807) is 6.07 Å². The fourth-order valence-corrected chi connectivity index (χ4v) is 4.70. The molecule has 3 aromatic rings. The third-order valence-corrected chi connectivity index (χ3v) is 7.05. The predicted octanol–water partition coefficient (Wildman–Crippen LogP) is -1.48. The summed E-state index contributed by atoms with van der Waals surface area (Å²) in [4.78, 5) is 12.8. The topological polar surface area (TPSA) is 238 Å². The van der Waals surface area contributed by atoms with Crippen LogP contribution in [0, 0.1) is 0 Å². The van der Waals surface area contributed by atoms with E-state index in [4.69, 9.17) is 28.1 Å². The molecule has 5 rings (SSSR count). The summed E-state index contributed by atoms with van der Waals surface area (Å²) in [5.41, 5.74) is -0.379. The average molecular weight is 595 g/mol. The number of hydrogen-bond donors (Lipinski definition) is 8. The molecule has 0 saturated carbocycles. The van der Waals surface area contributed by atoms with Crippen LogP contribution < -0.4 is 14.9 Å². The van der Waals surface area contributed by atoms with Gasteiger partial charge in [-0.3, -0.25) is 4.79 Å². The van der Waals surface area contributed by atoms with Crippen LogP contribution in [0.1, 0.15) is 0 Å². The summed E-state index contributed by atoms with van der Waals surface area (Å²) in [5, 5.41) is 81.3. The van der Waals surface area contributed by atoms with Crippen LogP contribution in [0.4, 0.5) is 0 Å². The molecule has 1 aromatic heterocycles. The SMILES string of the molecule is COc1ccc(-c2cc(=O)c3c(O)cc(O[C@H]4O[C@@H](CO[C@@H]5OC[C@@H](O)[C@@H](O)[C@@H]5O)[C@H](O)[C@@H](O)[C@@H]4O)cc3o2)cc1O. The van der Waals surface area contributed by atoms with E-state index in [9.17, 15) is 45.6 Å². The van der Waals surface area contributed by atoms with Crippen molar-refractivity contribution in [3.63, 3.8) is 0 Å². The highest BCUT2D eigenvalue weighted by molar-refractivity contribution is 5.86. The fourth-order valence-electron chi connectivity index (χ4n) is 4.70. The van der Waals surface area contributed by atoms with Crippen LogP contribution >= 0.6 is 0 Å². The average Bonchev–Trinajstić information content (AvgIpc) is 2.96. The van der Waals surface area contributed by atoms with Gasteiger partial charge in [0.05, 0.1) is 20.3 Å². The molecule has 3 heterocycles. The molecule has 2 fully saturated rings. The van der Waals surface area contributed by atoms with Gasteiger partial charge in [-0.25, -0.2) is 0 Å². The molecule has 8 N–H and O–H groups in total. The second kappa shape index (κ2) is 12.0. The minimum absolute atomic E-state index is 0.0523. The van der Waals surface area contributed by atoms with Crippen molar-refractivity contribution in [3.8, 4) is 34.3 Å². The largest absolute Gasteiger partial charge is 0.507 e. The molecule has 42 heavy (non-hydrogen) atoms. The number of hydrogen-bond acceptors (Lipinski definition) is 15. The summed E-state index contributed by atoms with van der Waals surface area (Å²) in [7, 11) is 1.38. The number of rotatable bonds is 7. The molecule has 228 valence electrons. The zero-order valence-electron chi connectivity index (χ0n) is 22.0. The lowest BCUT2D eigenvalue weighted by Gasteiger charge is -2.41. The highest BCUT2D eigenvalue weighted by atomic mass is 16.7. The van der Waals surface area contributed by atoms with E-state index in [2.05, 4.69) is 0 Å². The molecule has 0 radical (unpaired) electrons. The number of ether oxygens (including phenoxy) is 5. The highest BCUT2D eigenvalue weighted by Gasteiger charge is 2.46. The molecule has 15 heteroatoms. The first-order valence-corrected chi connectivity index (χ1v) is 12.8. The van der Waals surface area contributed by atoms with Crippen LogP contribution in [-0.4, -0.2) is 116 Å². The Morgan fingerprint density at radius 1 is 0.857 bits per heavy atom. The number of methoxy groups -OCH3 is 1. The maximum atomic E-state index is 12.8. The summed E-state index contributed by atoms with van der Waals surface area (Å²) in [6, 6.07) is 7.78. The van der Waals surface area contributed by atoms with Crippen LogP contribution in [0.25, 0.3) is 22.3 Å². The Morgan fingerprint density at radius 3 is 2.31 bits per heavy atom.